The van der Waals surface area contributed by atoms with Crippen LogP contribution in [0.1, 0.15) is 20.3 Å². The fourth-order valence-corrected chi connectivity index (χ4v) is 2.49. The molecule has 1 heterocycles. The second-order valence-electron chi connectivity index (χ2n) is 5.95. The molecule has 118 valence electrons. The molecule has 0 aliphatic carbocycles. The molecule has 0 amide bonds. The topological polar surface area (TPSA) is 30.9 Å². The zero-order valence-corrected chi connectivity index (χ0v) is 13.4. The Balaban J connectivity index is 1.74. The summed E-state index contributed by atoms with van der Waals surface area (Å²) in [5, 5.41) is 0. The Morgan fingerprint density at radius 2 is 2.05 bits per heavy atom. The maximum Gasteiger partial charge on any atom is 0.161 e. The van der Waals surface area contributed by atoms with Crippen molar-refractivity contribution in [3.05, 3.63) is 24.3 Å². The van der Waals surface area contributed by atoms with Crippen LogP contribution in [0.2, 0.25) is 0 Å². The van der Waals surface area contributed by atoms with Crippen molar-refractivity contribution in [2.24, 2.45) is 5.92 Å². The third kappa shape index (κ3) is 5.56. The van der Waals surface area contributed by atoms with Gasteiger partial charge in [-0.2, -0.15) is 0 Å². The van der Waals surface area contributed by atoms with Crippen LogP contribution in [0.3, 0.4) is 0 Å². The van der Waals surface area contributed by atoms with E-state index >= 15 is 0 Å². The van der Waals surface area contributed by atoms with Gasteiger partial charge >= 0.3 is 0 Å². The van der Waals surface area contributed by atoms with Crippen LogP contribution >= 0.6 is 0 Å². The van der Waals surface area contributed by atoms with Crippen molar-refractivity contribution in [2.75, 3.05) is 40.0 Å². The van der Waals surface area contributed by atoms with Gasteiger partial charge in [-0.25, -0.2) is 0 Å². The molecule has 4 heteroatoms. The Hall–Kier alpha value is -1.26. The van der Waals surface area contributed by atoms with Crippen molar-refractivity contribution in [1.82, 2.24) is 4.90 Å². The second kappa shape index (κ2) is 8.25. The molecule has 1 atom stereocenters. The van der Waals surface area contributed by atoms with E-state index in [-0.39, 0.29) is 6.10 Å². The van der Waals surface area contributed by atoms with Crippen molar-refractivity contribution in [3.8, 4) is 11.5 Å². The molecule has 1 aliphatic heterocycles. The van der Waals surface area contributed by atoms with Gasteiger partial charge in [-0.3, -0.25) is 0 Å². The standard InChI is InChI=1S/C17H27NO3/c1-14(2)21-17-7-5-4-6-16(17)20-11-9-18(3)12-15-8-10-19-13-15/h4-7,14-15H,8-13H2,1-3H3/t15-/m0/s1. The van der Waals surface area contributed by atoms with Gasteiger partial charge in [-0.05, 0) is 45.4 Å². The molecule has 1 aromatic rings. The number of hydrogen-bond acceptors (Lipinski definition) is 4. The van der Waals surface area contributed by atoms with E-state index in [2.05, 4.69) is 11.9 Å². The minimum absolute atomic E-state index is 0.153. The maximum absolute atomic E-state index is 5.88. The molecule has 0 aromatic heterocycles. The number of para-hydroxylation sites is 2. The first kappa shape index (κ1) is 16.1. The summed E-state index contributed by atoms with van der Waals surface area (Å²) in [5.41, 5.74) is 0. The summed E-state index contributed by atoms with van der Waals surface area (Å²) in [6, 6.07) is 7.86. The highest BCUT2D eigenvalue weighted by atomic mass is 16.5. The lowest BCUT2D eigenvalue weighted by Gasteiger charge is -2.20. The highest BCUT2D eigenvalue weighted by molar-refractivity contribution is 5.39. The minimum Gasteiger partial charge on any atom is -0.488 e. The van der Waals surface area contributed by atoms with Crippen LogP contribution < -0.4 is 9.47 Å². The van der Waals surface area contributed by atoms with E-state index in [4.69, 9.17) is 14.2 Å². The average molecular weight is 293 g/mol. The monoisotopic (exact) mass is 293 g/mol. The molecule has 0 saturated carbocycles. The summed E-state index contributed by atoms with van der Waals surface area (Å²) < 4.78 is 17.0. The predicted octanol–water partition coefficient (Wildman–Crippen LogP) is 2.82. The Morgan fingerprint density at radius 1 is 1.29 bits per heavy atom. The van der Waals surface area contributed by atoms with E-state index in [0.29, 0.717) is 12.5 Å². The first-order valence-electron chi connectivity index (χ1n) is 7.80. The quantitative estimate of drug-likeness (QED) is 0.737. The molecule has 0 unspecified atom stereocenters. The molecule has 1 aromatic carbocycles. The van der Waals surface area contributed by atoms with E-state index in [1.165, 1.54) is 6.42 Å². The molecule has 0 bridgehead atoms. The van der Waals surface area contributed by atoms with Crippen molar-refractivity contribution >= 4 is 0 Å². The van der Waals surface area contributed by atoms with Gasteiger partial charge in [0.05, 0.1) is 12.7 Å². The summed E-state index contributed by atoms with van der Waals surface area (Å²) >= 11 is 0. The summed E-state index contributed by atoms with van der Waals surface area (Å²) in [7, 11) is 2.14. The van der Waals surface area contributed by atoms with E-state index in [9.17, 15) is 0 Å². The fourth-order valence-electron chi connectivity index (χ4n) is 2.49. The van der Waals surface area contributed by atoms with Crippen LogP contribution in [0.15, 0.2) is 24.3 Å². The summed E-state index contributed by atoms with van der Waals surface area (Å²) in [5.74, 6) is 2.31. The molecule has 1 fully saturated rings. The van der Waals surface area contributed by atoms with E-state index < -0.39 is 0 Å². The van der Waals surface area contributed by atoms with Crippen LogP contribution in [0.4, 0.5) is 0 Å². The molecule has 0 spiro atoms. The van der Waals surface area contributed by atoms with Crippen molar-refractivity contribution < 1.29 is 14.2 Å². The minimum atomic E-state index is 0.153. The number of nitrogens with zero attached hydrogens (tertiary/aromatic N) is 1. The van der Waals surface area contributed by atoms with Gasteiger partial charge in [0.25, 0.3) is 0 Å². The van der Waals surface area contributed by atoms with Gasteiger partial charge in [-0.1, -0.05) is 12.1 Å². The Labute approximate surface area is 128 Å². The van der Waals surface area contributed by atoms with Gasteiger partial charge in [0.1, 0.15) is 6.61 Å². The van der Waals surface area contributed by atoms with Gasteiger partial charge in [0.15, 0.2) is 11.5 Å². The molecular weight excluding hydrogens is 266 g/mol. The fraction of sp³-hybridized carbons (Fsp3) is 0.647. The second-order valence-corrected chi connectivity index (χ2v) is 5.95. The van der Waals surface area contributed by atoms with E-state index in [1.807, 2.05) is 38.1 Å². The lowest BCUT2D eigenvalue weighted by atomic mass is 10.1. The lowest BCUT2D eigenvalue weighted by Crippen LogP contribution is -2.30. The summed E-state index contributed by atoms with van der Waals surface area (Å²) in [6.45, 7) is 8.51. The van der Waals surface area contributed by atoms with Gasteiger partial charge in [-0.15, -0.1) is 0 Å². The lowest BCUT2D eigenvalue weighted by molar-refractivity contribution is 0.165. The van der Waals surface area contributed by atoms with Crippen molar-refractivity contribution in [3.63, 3.8) is 0 Å². The van der Waals surface area contributed by atoms with Crippen molar-refractivity contribution in [2.45, 2.75) is 26.4 Å². The van der Waals surface area contributed by atoms with Crippen LogP contribution in [-0.2, 0) is 4.74 Å². The van der Waals surface area contributed by atoms with Crippen LogP contribution in [0.25, 0.3) is 0 Å². The third-order valence-electron chi connectivity index (χ3n) is 3.54. The highest BCUT2D eigenvalue weighted by Crippen LogP contribution is 2.27. The van der Waals surface area contributed by atoms with Gasteiger partial charge in [0.2, 0.25) is 0 Å². The number of hydrogen-bond donors (Lipinski definition) is 0. The van der Waals surface area contributed by atoms with Crippen LogP contribution in [0.5, 0.6) is 11.5 Å². The largest absolute Gasteiger partial charge is 0.488 e. The zero-order chi connectivity index (χ0) is 15.1. The first-order valence-corrected chi connectivity index (χ1v) is 7.80. The number of rotatable bonds is 8. The molecule has 2 rings (SSSR count). The Bertz CT molecular complexity index is 416. The smallest absolute Gasteiger partial charge is 0.161 e. The molecular formula is C17H27NO3. The zero-order valence-electron chi connectivity index (χ0n) is 13.4. The van der Waals surface area contributed by atoms with Crippen LogP contribution in [-0.4, -0.2) is 51.0 Å². The SMILES string of the molecule is CC(C)Oc1ccccc1OCCN(C)C[C@@H]1CCOC1. The number of benzene rings is 1. The maximum atomic E-state index is 5.88. The summed E-state index contributed by atoms with van der Waals surface area (Å²) in [4.78, 5) is 2.31. The van der Waals surface area contributed by atoms with E-state index in [1.54, 1.807) is 0 Å². The summed E-state index contributed by atoms with van der Waals surface area (Å²) in [6.07, 6.45) is 1.33. The Morgan fingerprint density at radius 3 is 2.71 bits per heavy atom. The van der Waals surface area contributed by atoms with Crippen LogP contribution in [0, 0.1) is 5.92 Å². The highest BCUT2D eigenvalue weighted by Gasteiger charge is 2.17. The molecule has 4 nitrogen and oxygen atoms in total. The Kier molecular flexibility index (Phi) is 6.33. The van der Waals surface area contributed by atoms with Gasteiger partial charge in [0, 0.05) is 19.7 Å². The molecule has 0 radical (unpaired) electrons. The molecule has 21 heavy (non-hydrogen) atoms. The van der Waals surface area contributed by atoms with E-state index in [0.717, 1.165) is 37.8 Å². The molecule has 1 saturated heterocycles. The number of likely N-dealkylation sites (N-methyl/N-ethyl adjacent to an activating group) is 1. The van der Waals surface area contributed by atoms with Crippen molar-refractivity contribution in [1.29, 1.82) is 0 Å². The molecule has 0 N–H and O–H groups in total. The third-order valence-corrected chi connectivity index (χ3v) is 3.54. The van der Waals surface area contributed by atoms with Gasteiger partial charge < -0.3 is 19.1 Å². The average Bonchev–Trinajstić information content (AvgIpc) is 2.93. The first-order chi connectivity index (χ1) is 10.1. The molecule has 1 aliphatic rings. The normalized spacial score (nSPS) is 18.4. The predicted molar refractivity (Wildman–Crippen MR) is 84.1 cm³/mol. The number of ether oxygens (including phenoxy) is 3.